The predicted octanol–water partition coefficient (Wildman–Crippen LogP) is 1.17. The van der Waals surface area contributed by atoms with Crippen LogP contribution in [0.5, 0.6) is 0 Å². The summed E-state index contributed by atoms with van der Waals surface area (Å²) < 4.78 is 2.11. The molecule has 0 aliphatic rings. The summed E-state index contributed by atoms with van der Waals surface area (Å²) in [5.74, 6) is 4.79. The molecule has 3 aromatic heterocycles. The summed E-state index contributed by atoms with van der Waals surface area (Å²) >= 11 is 2.65. The summed E-state index contributed by atoms with van der Waals surface area (Å²) in [6, 6.07) is 3.62. The molecule has 3 heterocycles. The van der Waals surface area contributed by atoms with E-state index in [1.54, 1.807) is 11.4 Å². The Labute approximate surface area is 121 Å². The zero-order valence-corrected chi connectivity index (χ0v) is 11.8. The van der Waals surface area contributed by atoms with E-state index in [4.69, 9.17) is 5.84 Å². The van der Waals surface area contributed by atoms with Crippen LogP contribution in [0, 0.1) is 0 Å². The molecule has 102 valence electrons. The van der Waals surface area contributed by atoms with Gasteiger partial charge in [-0.3, -0.25) is 19.6 Å². The standard InChI is InChI=1S/C12H10N4O2S2/c13-15-11(17)9-7(1-3-19-9)5-16-6-14-8-2-4-20-10(8)12(16)18/h1-4,6H,5,13H2,(H,15,17). The number of fused-ring (bicyclic) bond motifs is 1. The van der Waals surface area contributed by atoms with E-state index < -0.39 is 0 Å². The molecule has 0 bridgehead atoms. The van der Waals surface area contributed by atoms with Gasteiger partial charge in [-0.25, -0.2) is 10.8 Å². The number of nitrogens with zero attached hydrogens (tertiary/aromatic N) is 2. The van der Waals surface area contributed by atoms with Crippen molar-refractivity contribution in [1.82, 2.24) is 15.0 Å². The van der Waals surface area contributed by atoms with Gasteiger partial charge in [0, 0.05) is 0 Å². The Hall–Kier alpha value is -2.03. The van der Waals surface area contributed by atoms with Crippen molar-refractivity contribution in [2.45, 2.75) is 6.54 Å². The lowest BCUT2D eigenvalue weighted by molar-refractivity contribution is 0.0957. The Balaban J connectivity index is 2.02. The van der Waals surface area contributed by atoms with E-state index in [0.29, 0.717) is 21.6 Å². The molecular weight excluding hydrogens is 296 g/mol. The van der Waals surface area contributed by atoms with Crippen LogP contribution in [0.1, 0.15) is 15.2 Å². The van der Waals surface area contributed by atoms with Gasteiger partial charge in [-0.15, -0.1) is 22.7 Å². The number of carbonyl (C=O) groups excluding carboxylic acids is 1. The van der Waals surface area contributed by atoms with Crippen molar-refractivity contribution in [3.8, 4) is 0 Å². The van der Waals surface area contributed by atoms with Crippen LogP contribution in [-0.4, -0.2) is 15.5 Å². The summed E-state index contributed by atoms with van der Waals surface area (Å²) in [4.78, 5) is 28.6. The Morgan fingerprint density at radius 3 is 2.95 bits per heavy atom. The van der Waals surface area contributed by atoms with Crippen molar-refractivity contribution in [3.63, 3.8) is 0 Å². The molecule has 0 aliphatic carbocycles. The number of nitrogens with one attached hydrogen (secondary N) is 1. The molecule has 3 aromatic rings. The molecular formula is C12H10N4O2S2. The third-order valence-corrected chi connectivity index (χ3v) is 4.71. The maximum atomic E-state index is 12.3. The molecule has 0 aliphatic heterocycles. The Kier molecular flexibility index (Phi) is 3.35. The van der Waals surface area contributed by atoms with Crippen molar-refractivity contribution in [2.75, 3.05) is 0 Å². The largest absolute Gasteiger partial charge is 0.293 e. The van der Waals surface area contributed by atoms with Crippen molar-refractivity contribution in [3.05, 3.63) is 50.0 Å². The van der Waals surface area contributed by atoms with E-state index in [9.17, 15) is 9.59 Å². The van der Waals surface area contributed by atoms with E-state index in [-0.39, 0.29) is 11.5 Å². The highest BCUT2D eigenvalue weighted by atomic mass is 32.1. The fraction of sp³-hybridized carbons (Fsp3) is 0.0833. The Morgan fingerprint density at radius 2 is 2.15 bits per heavy atom. The van der Waals surface area contributed by atoms with E-state index in [0.717, 1.165) is 5.56 Å². The second-order valence-electron chi connectivity index (χ2n) is 4.06. The summed E-state index contributed by atoms with van der Waals surface area (Å²) in [7, 11) is 0. The molecule has 1 amide bonds. The van der Waals surface area contributed by atoms with E-state index in [1.807, 2.05) is 11.4 Å². The molecule has 3 rings (SSSR count). The topological polar surface area (TPSA) is 90.0 Å². The number of hydrogen-bond donors (Lipinski definition) is 2. The lowest BCUT2D eigenvalue weighted by Crippen LogP contribution is -2.30. The average Bonchev–Trinajstić information content (AvgIpc) is 3.10. The van der Waals surface area contributed by atoms with Crippen LogP contribution in [0.2, 0.25) is 0 Å². The summed E-state index contributed by atoms with van der Waals surface area (Å²) in [6.45, 7) is 0.298. The quantitative estimate of drug-likeness (QED) is 0.432. The molecule has 0 atom stereocenters. The molecule has 6 nitrogen and oxygen atoms in total. The minimum Gasteiger partial charge on any atom is -0.293 e. The SMILES string of the molecule is NNC(=O)c1sccc1Cn1cnc2ccsc2c1=O. The first-order valence-electron chi connectivity index (χ1n) is 5.70. The number of hydrazine groups is 1. The third kappa shape index (κ3) is 2.13. The maximum absolute atomic E-state index is 12.3. The van der Waals surface area contributed by atoms with Crippen LogP contribution in [-0.2, 0) is 6.54 Å². The minimum atomic E-state index is -0.354. The summed E-state index contributed by atoms with van der Waals surface area (Å²) in [6.07, 6.45) is 1.50. The maximum Gasteiger partial charge on any atom is 0.275 e. The third-order valence-electron chi connectivity index (χ3n) is 2.86. The summed E-state index contributed by atoms with van der Waals surface area (Å²) in [5, 5.41) is 3.63. The first kappa shape index (κ1) is 13.0. The number of aromatic nitrogens is 2. The van der Waals surface area contributed by atoms with Gasteiger partial charge in [0.2, 0.25) is 0 Å². The van der Waals surface area contributed by atoms with Crippen molar-refractivity contribution in [1.29, 1.82) is 0 Å². The first-order chi connectivity index (χ1) is 9.70. The molecule has 8 heteroatoms. The molecule has 0 spiro atoms. The van der Waals surface area contributed by atoms with Crippen LogP contribution in [0.15, 0.2) is 34.0 Å². The lowest BCUT2D eigenvalue weighted by atomic mass is 10.2. The fourth-order valence-electron chi connectivity index (χ4n) is 1.90. The number of carbonyl (C=O) groups is 1. The number of nitrogen functional groups attached to an aromatic ring is 1. The molecule has 0 saturated heterocycles. The van der Waals surface area contributed by atoms with Crippen molar-refractivity contribution < 1.29 is 4.79 Å². The average molecular weight is 306 g/mol. The number of rotatable bonds is 3. The number of nitrogens with two attached hydrogens (primary N) is 1. The second-order valence-corrected chi connectivity index (χ2v) is 5.89. The highest BCUT2D eigenvalue weighted by Gasteiger charge is 2.13. The monoisotopic (exact) mass is 306 g/mol. The highest BCUT2D eigenvalue weighted by Crippen LogP contribution is 2.18. The van der Waals surface area contributed by atoms with Gasteiger partial charge >= 0.3 is 0 Å². The van der Waals surface area contributed by atoms with Gasteiger partial charge in [0.05, 0.1) is 23.3 Å². The van der Waals surface area contributed by atoms with Crippen LogP contribution >= 0.6 is 22.7 Å². The van der Waals surface area contributed by atoms with Gasteiger partial charge in [0.1, 0.15) is 4.70 Å². The van der Waals surface area contributed by atoms with Gasteiger partial charge in [-0.1, -0.05) is 0 Å². The minimum absolute atomic E-state index is 0.102. The Bertz CT molecular complexity index is 833. The molecule has 0 saturated carbocycles. The smallest absolute Gasteiger partial charge is 0.275 e. The van der Waals surface area contributed by atoms with Crippen LogP contribution in [0.3, 0.4) is 0 Å². The fourth-order valence-corrected chi connectivity index (χ4v) is 3.51. The Morgan fingerprint density at radius 1 is 1.35 bits per heavy atom. The van der Waals surface area contributed by atoms with Crippen molar-refractivity contribution >= 4 is 38.8 Å². The van der Waals surface area contributed by atoms with E-state index in [2.05, 4.69) is 10.4 Å². The van der Waals surface area contributed by atoms with E-state index >= 15 is 0 Å². The van der Waals surface area contributed by atoms with Crippen LogP contribution < -0.4 is 16.8 Å². The van der Waals surface area contributed by atoms with Gasteiger partial charge in [0.15, 0.2) is 0 Å². The lowest BCUT2D eigenvalue weighted by Gasteiger charge is -2.05. The molecule has 20 heavy (non-hydrogen) atoms. The zero-order valence-electron chi connectivity index (χ0n) is 10.2. The van der Waals surface area contributed by atoms with Gasteiger partial charge in [-0.2, -0.15) is 0 Å². The molecule has 0 radical (unpaired) electrons. The zero-order chi connectivity index (χ0) is 14.1. The number of thiophene rings is 2. The van der Waals surface area contributed by atoms with Gasteiger partial charge < -0.3 is 0 Å². The molecule has 0 aromatic carbocycles. The van der Waals surface area contributed by atoms with Crippen LogP contribution in [0.4, 0.5) is 0 Å². The predicted molar refractivity (Wildman–Crippen MR) is 79.0 cm³/mol. The van der Waals surface area contributed by atoms with Crippen LogP contribution in [0.25, 0.3) is 10.2 Å². The molecule has 3 N–H and O–H groups in total. The first-order valence-corrected chi connectivity index (χ1v) is 7.46. The van der Waals surface area contributed by atoms with Gasteiger partial charge in [-0.05, 0) is 28.5 Å². The van der Waals surface area contributed by atoms with E-state index in [1.165, 1.54) is 33.6 Å². The molecule has 0 fully saturated rings. The number of amides is 1. The van der Waals surface area contributed by atoms with Gasteiger partial charge in [0.25, 0.3) is 11.5 Å². The normalized spacial score (nSPS) is 10.8. The summed E-state index contributed by atoms with van der Waals surface area (Å²) in [5.41, 5.74) is 3.45. The second kappa shape index (κ2) is 5.16. The molecule has 0 unspecified atom stereocenters. The highest BCUT2D eigenvalue weighted by molar-refractivity contribution is 7.17. The number of hydrogen-bond acceptors (Lipinski definition) is 6. The van der Waals surface area contributed by atoms with Crippen molar-refractivity contribution in [2.24, 2.45) is 5.84 Å².